The van der Waals surface area contributed by atoms with E-state index in [1.807, 2.05) is 6.92 Å². The topological polar surface area (TPSA) is 84.5 Å². The van der Waals surface area contributed by atoms with Crippen LogP contribution in [0.2, 0.25) is 0 Å². The number of hydrogen-bond acceptors (Lipinski definition) is 4. The zero-order valence-electron chi connectivity index (χ0n) is 16.0. The SMILES string of the molecule is CCCNC(=O)[C@@H](C)NC(=O)COC(=O)CC12CC3CC(CC(C3)C1)C2. The highest BCUT2D eigenvalue weighted by Gasteiger charge is 2.51. The summed E-state index contributed by atoms with van der Waals surface area (Å²) >= 11 is 0. The molecule has 0 heterocycles. The fourth-order valence-corrected chi connectivity index (χ4v) is 5.76. The van der Waals surface area contributed by atoms with Gasteiger partial charge in [0.1, 0.15) is 6.04 Å². The van der Waals surface area contributed by atoms with Gasteiger partial charge in [-0.1, -0.05) is 6.92 Å². The van der Waals surface area contributed by atoms with Gasteiger partial charge in [-0.05, 0) is 75.0 Å². The smallest absolute Gasteiger partial charge is 0.306 e. The summed E-state index contributed by atoms with van der Waals surface area (Å²) in [4.78, 5) is 36.0. The van der Waals surface area contributed by atoms with Crippen molar-refractivity contribution in [3.63, 3.8) is 0 Å². The molecule has 0 radical (unpaired) electrons. The Morgan fingerprint density at radius 1 is 1.08 bits per heavy atom. The van der Waals surface area contributed by atoms with E-state index in [9.17, 15) is 14.4 Å². The van der Waals surface area contributed by atoms with E-state index in [1.54, 1.807) is 6.92 Å². The van der Waals surface area contributed by atoms with Gasteiger partial charge in [-0.3, -0.25) is 14.4 Å². The van der Waals surface area contributed by atoms with Crippen LogP contribution in [0.15, 0.2) is 0 Å². The third-order valence-electron chi connectivity index (χ3n) is 6.37. The number of amides is 2. The van der Waals surface area contributed by atoms with Crippen LogP contribution in [0, 0.1) is 23.2 Å². The lowest BCUT2D eigenvalue weighted by Crippen LogP contribution is -2.47. The fourth-order valence-electron chi connectivity index (χ4n) is 5.76. The van der Waals surface area contributed by atoms with E-state index in [-0.39, 0.29) is 23.9 Å². The summed E-state index contributed by atoms with van der Waals surface area (Å²) in [7, 11) is 0. The van der Waals surface area contributed by atoms with E-state index in [0.717, 1.165) is 43.4 Å². The average molecular weight is 364 g/mol. The number of ether oxygens (including phenoxy) is 1. The van der Waals surface area contributed by atoms with Gasteiger partial charge in [-0.25, -0.2) is 0 Å². The molecule has 26 heavy (non-hydrogen) atoms. The number of esters is 1. The first-order valence-electron chi connectivity index (χ1n) is 10.1. The maximum absolute atomic E-state index is 12.3. The van der Waals surface area contributed by atoms with E-state index in [2.05, 4.69) is 10.6 Å². The summed E-state index contributed by atoms with van der Waals surface area (Å²) in [6, 6.07) is -0.629. The zero-order valence-corrected chi connectivity index (χ0v) is 16.0. The molecule has 2 N–H and O–H groups in total. The third kappa shape index (κ3) is 4.57. The standard InChI is InChI=1S/C20H32N2O4/c1-3-4-21-19(25)13(2)22-17(23)12-26-18(24)11-20-8-14-5-15(9-20)7-16(6-14)10-20/h13-16H,3-12H2,1-2H3,(H,21,25)(H,22,23)/t13-,14?,15?,16?,20?/m1/s1. The van der Waals surface area contributed by atoms with Crippen molar-refractivity contribution in [1.82, 2.24) is 10.6 Å². The molecule has 1 atom stereocenters. The van der Waals surface area contributed by atoms with E-state index < -0.39 is 11.9 Å². The summed E-state index contributed by atoms with van der Waals surface area (Å²) in [5.41, 5.74) is 0.121. The monoisotopic (exact) mass is 364 g/mol. The maximum Gasteiger partial charge on any atom is 0.306 e. The van der Waals surface area contributed by atoms with Gasteiger partial charge in [0, 0.05) is 6.54 Å². The van der Waals surface area contributed by atoms with Gasteiger partial charge in [0.25, 0.3) is 5.91 Å². The highest BCUT2D eigenvalue weighted by atomic mass is 16.5. The Bertz CT molecular complexity index is 525. The van der Waals surface area contributed by atoms with Crippen molar-refractivity contribution >= 4 is 17.8 Å². The normalized spacial score (nSPS) is 32.8. The van der Waals surface area contributed by atoms with Crippen LogP contribution in [0.3, 0.4) is 0 Å². The lowest BCUT2D eigenvalue weighted by atomic mass is 9.49. The van der Waals surface area contributed by atoms with Crippen LogP contribution in [0.25, 0.3) is 0 Å². The van der Waals surface area contributed by atoms with Crippen LogP contribution in [0.4, 0.5) is 0 Å². The molecule has 0 aromatic heterocycles. The Balaban J connectivity index is 1.40. The maximum atomic E-state index is 12.3. The van der Waals surface area contributed by atoms with Crippen molar-refractivity contribution < 1.29 is 19.1 Å². The molecule has 4 aliphatic carbocycles. The predicted octanol–water partition coefficient (Wildman–Crippen LogP) is 2.17. The molecule has 0 saturated heterocycles. The van der Waals surface area contributed by atoms with Crippen molar-refractivity contribution in [3.05, 3.63) is 0 Å². The summed E-state index contributed by atoms with van der Waals surface area (Å²) in [6.07, 6.45) is 8.75. The van der Waals surface area contributed by atoms with Crippen molar-refractivity contribution in [1.29, 1.82) is 0 Å². The van der Waals surface area contributed by atoms with Crippen LogP contribution < -0.4 is 10.6 Å². The summed E-state index contributed by atoms with van der Waals surface area (Å²) in [5, 5.41) is 5.30. The second kappa shape index (κ2) is 7.97. The first-order chi connectivity index (χ1) is 12.4. The van der Waals surface area contributed by atoms with Gasteiger partial charge >= 0.3 is 5.97 Å². The molecule has 0 unspecified atom stereocenters. The van der Waals surface area contributed by atoms with Crippen LogP contribution in [0.1, 0.15) is 65.2 Å². The van der Waals surface area contributed by atoms with Crippen LogP contribution in [-0.4, -0.2) is 37.0 Å². The molecule has 0 spiro atoms. The molecule has 4 aliphatic rings. The molecule has 146 valence electrons. The number of carbonyl (C=O) groups is 3. The van der Waals surface area contributed by atoms with Crippen molar-refractivity contribution in [2.24, 2.45) is 23.2 Å². The highest BCUT2D eigenvalue weighted by molar-refractivity contribution is 5.88. The summed E-state index contributed by atoms with van der Waals surface area (Å²) in [6.45, 7) is 3.86. The van der Waals surface area contributed by atoms with E-state index in [4.69, 9.17) is 4.74 Å². The second-order valence-electron chi connectivity index (χ2n) is 8.84. The lowest BCUT2D eigenvalue weighted by molar-refractivity contribution is -0.155. The minimum Gasteiger partial charge on any atom is -0.456 e. The first kappa shape index (κ1) is 19.2. The molecule has 4 fully saturated rings. The average Bonchev–Trinajstić information content (AvgIpc) is 2.56. The molecule has 6 heteroatoms. The van der Waals surface area contributed by atoms with Gasteiger partial charge in [0.15, 0.2) is 6.61 Å². The molecule has 4 saturated carbocycles. The predicted molar refractivity (Wildman–Crippen MR) is 97.1 cm³/mol. The van der Waals surface area contributed by atoms with E-state index >= 15 is 0 Å². The number of hydrogen-bond donors (Lipinski definition) is 2. The third-order valence-corrected chi connectivity index (χ3v) is 6.37. The van der Waals surface area contributed by atoms with Crippen LogP contribution in [-0.2, 0) is 19.1 Å². The Morgan fingerprint density at radius 2 is 1.65 bits per heavy atom. The summed E-state index contributed by atoms with van der Waals surface area (Å²) in [5.74, 6) is 1.45. The molecule has 6 nitrogen and oxygen atoms in total. The van der Waals surface area contributed by atoms with Gasteiger partial charge in [-0.15, -0.1) is 0 Å². The van der Waals surface area contributed by atoms with Gasteiger partial charge in [0.05, 0.1) is 6.42 Å². The van der Waals surface area contributed by atoms with Crippen LogP contribution in [0.5, 0.6) is 0 Å². The largest absolute Gasteiger partial charge is 0.456 e. The first-order valence-corrected chi connectivity index (χ1v) is 10.1. The second-order valence-corrected chi connectivity index (χ2v) is 8.84. The van der Waals surface area contributed by atoms with Gasteiger partial charge in [-0.2, -0.15) is 0 Å². The minimum absolute atomic E-state index is 0.121. The van der Waals surface area contributed by atoms with Gasteiger partial charge < -0.3 is 15.4 Å². The number of carbonyl (C=O) groups excluding carboxylic acids is 3. The van der Waals surface area contributed by atoms with Crippen LogP contribution >= 0.6 is 0 Å². The Hall–Kier alpha value is -1.59. The lowest BCUT2D eigenvalue weighted by Gasteiger charge is -2.56. The highest BCUT2D eigenvalue weighted by Crippen LogP contribution is 2.61. The molecule has 0 aromatic carbocycles. The molecule has 0 aromatic rings. The molecular weight excluding hydrogens is 332 g/mol. The molecule has 4 rings (SSSR count). The quantitative estimate of drug-likeness (QED) is 0.647. The molecule has 2 amide bonds. The molecule has 4 bridgehead atoms. The van der Waals surface area contributed by atoms with E-state index in [0.29, 0.717) is 13.0 Å². The molecular formula is C20H32N2O4. The van der Waals surface area contributed by atoms with E-state index in [1.165, 1.54) is 19.3 Å². The van der Waals surface area contributed by atoms with Crippen molar-refractivity contribution in [2.45, 2.75) is 71.3 Å². The zero-order chi connectivity index (χ0) is 18.7. The Kier molecular flexibility index (Phi) is 5.88. The Morgan fingerprint density at radius 3 is 2.19 bits per heavy atom. The summed E-state index contributed by atoms with van der Waals surface area (Å²) < 4.78 is 5.22. The van der Waals surface area contributed by atoms with Crippen molar-refractivity contribution in [3.8, 4) is 0 Å². The van der Waals surface area contributed by atoms with Crippen molar-refractivity contribution in [2.75, 3.05) is 13.2 Å². The fraction of sp³-hybridized carbons (Fsp3) is 0.850. The number of nitrogens with one attached hydrogen (secondary N) is 2. The Labute approximate surface area is 155 Å². The minimum atomic E-state index is -0.629. The number of rotatable bonds is 8. The van der Waals surface area contributed by atoms with Gasteiger partial charge in [0.2, 0.25) is 5.91 Å². The molecule has 0 aliphatic heterocycles.